The van der Waals surface area contributed by atoms with Gasteiger partial charge in [0.1, 0.15) is 17.3 Å². The molecule has 4 rings (SSSR count). The number of hydrogen-bond donors (Lipinski definition) is 1. The first-order chi connectivity index (χ1) is 16.9. The van der Waals surface area contributed by atoms with Crippen LogP contribution in [0, 0.1) is 0 Å². The summed E-state index contributed by atoms with van der Waals surface area (Å²) in [6, 6.07) is 6.80. The van der Waals surface area contributed by atoms with Gasteiger partial charge in [-0.25, -0.2) is 22.5 Å². The van der Waals surface area contributed by atoms with Crippen LogP contribution in [0.2, 0.25) is 0 Å². The Morgan fingerprint density at radius 1 is 1.22 bits per heavy atom. The Morgan fingerprint density at radius 2 is 1.97 bits per heavy atom. The van der Waals surface area contributed by atoms with Crippen molar-refractivity contribution in [2.75, 3.05) is 6.61 Å². The lowest BCUT2D eigenvalue weighted by molar-refractivity contribution is -0.118. The molecule has 0 saturated carbocycles. The van der Waals surface area contributed by atoms with Crippen LogP contribution in [-0.2, 0) is 26.8 Å². The number of aromatic nitrogens is 3. The SMILES string of the molecule is CC(F)Oc1cc2c(c(C(C)C)c1)CC(=O)NS(=O)(=O)c1cnn(c1)C(C)(C)COc1cc-2ccn1. The first kappa shape index (κ1) is 25.6. The number of carbonyl (C=O) groups excluding carboxylic acids is 1. The highest BCUT2D eigenvalue weighted by Crippen LogP contribution is 2.36. The van der Waals surface area contributed by atoms with Crippen LogP contribution in [0.3, 0.4) is 0 Å². The number of nitrogens with zero attached hydrogens (tertiary/aromatic N) is 3. The number of sulfonamides is 1. The van der Waals surface area contributed by atoms with Crippen LogP contribution in [0.1, 0.15) is 51.7 Å². The van der Waals surface area contributed by atoms with E-state index in [9.17, 15) is 17.6 Å². The average Bonchev–Trinajstić information content (AvgIpc) is 3.30. The van der Waals surface area contributed by atoms with E-state index in [0.717, 1.165) is 5.56 Å². The van der Waals surface area contributed by atoms with Crippen LogP contribution < -0.4 is 14.2 Å². The number of benzene rings is 1. The van der Waals surface area contributed by atoms with Crippen molar-refractivity contribution in [3.05, 3.63) is 54.0 Å². The summed E-state index contributed by atoms with van der Waals surface area (Å²) in [6.07, 6.45) is 2.36. The van der Waals surface area contributed by atoms with Gasteiger partial charge in [0.2, 0.25) is 18.1 Å². The van der Waals surface area contributed by atoms with Crippen LogP contribution in [0.25, 0.3) is 11.1 Å². The van der Waals surface area contributed by atoms with E-state index in [-0.39, 0.29) is 23.8 Å². The molecular weight excluding hydrogens is 487 g/mol. The van der Waals surface area contributed by atoms with Crippen molar-refractivity contribution in [3.8, 4) is 22.8 Å². The lowest BCUT2D eigenvalue weighted by Crippen LogP contribution is -2.34. The first-order valence-corrected chi connectivity index (χ1v) is 13.0. The van der Waals surface area contributed by atoms with Gasteiger partial charge >= 0.3 is 0 Å². The Morgan fingerprint density at radius 3 is 2.67 bits per heavy atom. The molecule has 0 aliphatic carbocycles. The van der Waals surface area contributed by atoms with Crippen molar-refractivity contribution in [3.63, 3.8) is 0 Å². The highest BCUT2D eigenvalue weighted by atomic mass is 32.2. The van der Waals surface area contributed by atoms with E-state index in [2.05, 4.69) is 14.8 Å². The number of nitrogens with one attached hydrogen (secondary N) is 1. The summed E-state index contributed by atoms with van der Waals surface area (Å²) in [5.41, 5.74) is 1.86. The summed E-state index contributed by atoms with van der Waals surface area (Å²) in [7, 11) is -4.16. The molecule has 3 aromatic rings. The van der Waals surface area contributed by atoms with Crippen LogP contribution in [-0.4, -0.2) is 42.1 Å². The van der Waals surface area contributed by atoms with Crippen LogP contribution in [0.5, 0.6) is 11.6 Å². The third kappa shape index (κ3) is 5.35. The van der Waals surface area contributed by atoms with Gasteiger partial charge in [0.15, 0.2) is 0 Å². The summed E-state index contributed by atoms with van der Waals surface area (Å²) in [4.78, 5) is 17.2. The quantitative estimate of drug-likeness (QED) is 0.561. The van der Waals surface area contributed by atoms with E-state index in [1.165, 1.54) is 24.0 Å². The molecule has 9 nitrogen and oxygen atoms in total. The van der Waals surface area contributed by atoms with Crippen molar-refractivity contribution in [1.82, 2.24) is 19.5 Å². The van der Waals surface area contributed by atoms with Gasteiger partial charge in [-0.05, 0) is 60.2 Å². The first-order valence-electron chi connectivity index (χ1n) is 11.5. The average molecular weight is 517 g/mol. The Balaban J connectivity index is 1.92. The zero-order chi connectivity index (χ0) is 26.3. The molecule has 3 heterocycles. The Kier molecular flexibility index (Phi) is 6.78. The topological polar surface area (TPSA) is 112 Å². The second kappa shape index (κ2) is 9.53. The lowest BCUT2D eigenvalue weighted by atomic mass is 9.88. The number of alkyl halides is 1. The number of amides is 1. The maximum Gasteiger partial charge on any atom is 0.267 e. The van der Waals surface area contributed by atoms with E-state index in [1.807, 2.05) is 27.7 Å². The largest absolute Gasteiger partial charge is 0.475 e. The molecule has 4 bridgehead atoms. The van der Waals surface area contributed by atoms with Crippen molar-refractivity contribution < 1.29 is 27.1 Å². The van der Waals surface area contributed by atoms with E-state index in [4.69, 9.17) is 9.47 Å². The third-order valence-electron chi connectivity index (χ3n) is 5.87. The summed E-state index contributed by atoms with van der Waals surface area (Å²) >= 11 is 0. The predicted octanol–water partition coefficient (Wildman–Crippen LogP) is 3.94. The Labute approximate surface area is 209 Å². The van der Waals surface area contributed by atoms with Gasteiger partial charge < -0.3 is 9.47 Å². The van der Waals surface area contributed by atoms with E-state index in [0.29, 0.717) is 28.3 Å². The molecule has 1 unspecified atom stereocenters. The maximum atomic E-state index is 13.7. The fourth-order valence-corrected chi connectivity index (χ4v) is 4.96. The molecule has 1 N–H and O–H groups in total. The monoisotopic (exact) mass is 516 g/mol. The molecule has 1 aliphatic rings. The fourth-order valence-electron chi connectivity index (χ4n) is 4.05. The second-order valence-corrected chi connectivity index (χ2v) is 11.3. The van der Waals surface area contributed by atoms with Gasteiger partial charge in [-0.15, -0.1) is 0 Å². The van der Waals surface area contributed by atoms with Crippen LogP contribution >= 0.6 is 0 Å². The summed E-state index contributed by atoms with van der Waals surface area (Å²) in [5.74, 6) is -0.147. The predicted molar refractivity (Wildman–Crippen MR) is 131 cm³/mol. The highest BCUT2D eigenvalue weighted by molar-refractivity contribution is 7.90. The number of halogens is 1. The molecule has 1 atom stereocenters. The molecular formula is C25H29FN4O5S. The van der Waals surface area contributed by atoms with Gasteiger partial charge in [-0.3, -0.25) is 9.48 Å². The minimum atomic E-state index is -4.16. The molecule has 0 saturated heterocycles. The molecule has 0 fully saturated rings. The number of fused-ring (bicyclic) bond motifs is 6. The molecule has 1 aliphatic heterocycles. The number of carbonyl (C=O) groups is 1. The van der Waals surface area contributed by atoms with Crippen molar-refractivity contribution in [2.45, 2.75) is 63.7 Å². The molecule has 1 amide bonds. The zero-order valence-electron chi connectivity index (χ0n) is 20.8. The van der Waals surface area contributed by atoms with Crippen molar-refractivity contribution in [2.24, 2.45) is 0 Å². The van der Waals surface area contributed by atoms with E-state index < -0.39 is 27.8 Å². The standard InChI is InChI=1S/C25H29FN4O5S/c1-15(2)20-9-18(35-16(3)26)10-21-17-6-7-27-24(8-17)34-14-25(4,5)30-13-19(12-28-30)36(32,33)29-23(31)11-22(20)21/h6-10,12-13,15-16H,11,14H2,1-5H3,(H,29,31). The normalized spacial score (nSPS) is 17.7. The van der Waals surface area contributed by atoms with Gasteiger partial charge in [0, 0.05) is 25.4 Å². The number of rotatable bonds is 3. The smallest absolute Gasteiger partial charge is 0.267 e. The molecule has 1 aromatic carbocycles. The van der Waals surface area contributed by atoms with Gasteiger partial charge in [0.05, 0.1) is 18.2 Å². The lowest BCUT2D eigenvalue weighted by Gasteiger charge is -2.25. The maximum absolute atomic E-state index is 13.7. The van der Waals surface area contributed by atoms with Crippen molar-refractivity contribution in [1.29, 1.82) is 0 Å². The molecule has 0 spiro atoms. The molecule has 192 valence electrons. The summed E-state index contributed by atoms with van der Waals surface area (Å²) < 4.78 is 54.6. The highest BCUT2D eigenvalue weighted by Gasteiger charge is 2.28. The zero-order valence-corrected chi connectivity index (χ0v) is 21.6. The summed E-state index contributed by atoms with van der Waals surface area (Å²) in [5, 5.41) is 4.18. The van der Waals surface area contributed by atoms with Crippen LogP contribution in [0.15, 0.2) is 47.8 Å². The van der Waals surface area contributed by atoms with Crippen molar-refractivity contribution >= 4 is 15.9 Å². The minimum absolute atomic E-state index is 0.0692. The molecule has 11 heteroatoms. The Hall–Kier alpha value is -3.47. The molecule has 36 heavy (non-hydrogen) atoms. The van der Waals surface area contributed by atoms with Gasteiger partial charge in [0.25, 0.3) is 10.0 Å². The van der Waals surface area contributed by atoms with Crippen LogP contribution in [0.4, 0.5) is 4.39 Å². The summed E-state index contributed by atoms with van der Waals surface area (Å²) in [6.45, 7) is 8.96. The number of pyridine rings is 1. The van der Waals surface area contributed by atoms with E-state index >= 15 is 0 Å². The van der Waals surface area contributed by atoms with Gasteiger partial charge in [-0.1, -0.05) is 13.8 Å². The fraction of sp³-hybridized carbons (Fsp3) is 0.400. The Bertz CT molecular complexity index is 1400. The molecule has 2 aromatic heterocycles. The minimum Gasteiger partial charge on any atom is -0.475 e. The molecule has 0 radical (unpaired) electrons. The van der Waals surface area contributed by atoms with E-state index in [1.54, 1.807) is 30.5 Å². The number of hydrogen-bond acceptors (Lipinski definition) is 7. The van der Waals surface area contributed by atoms with Gasteiger partial charge in [-0.2, -0.15) is 5.10 Å². The second-order valence-electron chi connectivity index (χ2n) is 9.66. The third-order valence-corrected chi connectivity index (χ3v) is 7.20. The number of ether oxygens (including phenoxy) is 2.